The van der Waals surface area contributed by atoms with Gasteiger partial charge in [-0.3, -0.25) is 4.90 Å². The highest BCUT2D eigenvalue weighted by Gasteiger charge is 2.35. The number of fused-ring (bicyclic) bond motifs is 2. The number of hydrogen-bond donors (Lipinski definition) is 0. The van der Waals surface area contributed by atoms with Crippen molar-refractivity contribution in [3.63, 3.8) is 0 Å². The van der Waals surface area contributed by atoms with Crippen LogP contribution in [0.25, 0.3) is 5.57 Å². The molecular weight excluding hydrogens is 301 g/mol. The Morgan fingerprint density at radius 3 is 2.75 bits per heavy atom. The molecular formula is C21H22FNO. The van der Waals surface area contributed by atoms with Crippen LogP contribution in [0.3, 0.4) is 0 Å². The van der Waals surface area contributed by atoms with Gasteiger partial charge in [0.1, 0.15) is 5.82 Å². The fraction of sp³-hybridized carbons (Fsp3) is 0.333. The molecule has 0 spiro atoms. The van der Waals surface area contributed by atoms with Gasteiger partial charge in [0.2, 0.25) is 0 Å². The van der Waals surface area contributed by atoms with E-state index in [1.165, 1.54) is 17.2 Å². The van der Waals surface area contributed by atoms with Gasteiger partial charge in [0.15, 0.2) is 0 Å². The molecule has 1 saturated heterocycles. The molecule has 124 valence electrons. The van der Waals surface area contributed by atoms with E-state index in [9.17, 15) is 4.39 Å². The molecule has 2 aliphatic rings. The van der Waals surface area contributed by atoms with Crippen LogP contribution in [0.15, 0.2) is 54.6 Å². The number of rotatable bonds is 3. The Kier molecular flexibility index (Phi) is 4.21. The number of ether oxygens (including phenoxy) is 1. The second-order valence-corrected chi connectivity index (χ2v) is 6.77. The molecule has 0 amide bonds. The first-order valence-corrected chi connectivity index (χ1v) is 8.55. The van der Waals surface area contributed by atoms with Gasteiger partial charge in [0.05, 0.1) is 19.3 Å². The summed E-state index contributed by atoms with van der Waals surface area (Å²) in [6.07, 6.45) is 3.19. The molecule has 2 aromatic rings. The minimum absolute atomic E-state index is 0.162. The van der Waals surface area contributed by atoms with Gasteiger partial charge in [-0.25, -0.2) is 4.39 Å². The minimum atomic E-state index is -0.162. The van der Waals surface area contributed by atoms with Crippen LogP contribution in [0.1, 0.15) is 23.1 Å². The average molecular weight is 323 g/mol. The molecule has 0 aliphatic carbocycles. The first-order valence-electron chi connectivity index (χ1n) is 8.55. The van der Waals surface area contributed by atoms with Crippen molar-refractivity contribution in [2.45, 2.75) is 32.0 Å². The smallest absolute Gasteiger partial charge is 0.123 e. The number of hydrogen-bond acceptors (Lipinski definition) is 2. The van der Waals surface area contributed by atoms with Crippen LogP contribution in [-0.4, -0.2) is 30.2 Å². The van der Waals surface area contributed by atoms with Crippen LogP contribution in [-0.2, 0) is 11.3 Å². The number of nitrogens with zero attached hydrogens (tertiary/aromatic N) is 1. The first-order chi connectivity index (χ1) is 11.7. The molecule has 2 bridgehead atoms. The lowest BCUT2D eigenvalue weighted by atomic mass is 9.87. The Hall–Kier alpha value is -1.97. The summed E-state index contributed by atoms with van der Waals surface area (Å²) < 4.78 is 19.5. The number of aryl methyl sites for hydroxylation is 1. The number of benzene rings is 2. The van der Waals surface area contributed by atoms with Crippen molar-refractivity contribution >= 4 is 5.57 Å². The standard InChI is InChI=1S/C21H22FNO/c1-15-7-8-18(22)11-21(15)17-9-19-13-24-14-20(10-17)23(19)12-16-5-3-2-4-6-16/h2-9,11,19-20H,10,12-14H2,1H3. The van der Waals surface area contributed by atoms with Gasteiger partial charge in [-0.15, -0.1) is 0 Å². The molecule has 0 N–H and O–H groups in total. The lowest BCUT2D eigenvalue weighted by molar-refractivity contribution is -0.0402. The lowest BCUT2D eigenvalue weighted by Crippen LogP contribution is -2.53. The molecule has 4 rings (SSSR count). The third kappa shape index (κ3) is 3.02. The Bertz CT molecular complexity index is 756. The summed E-state index contributed by atoms with van der Waals surface area (Å²) in [4.78, 5) is 2.52. The van der Waals surface area contributed by atoms with Crippen LogP contribution >= 0.6 is 0 Å². The van der Waals surface area contributed by atoms with E-state index in [4.69, 9.17) is 4.74 Å². The van der Waals surface area contributed by atoms with Gasteiger partial charge in [-0.1, -0.05) is 42.5 Å². The average Bonchev–Trinajstić information content (AvgIpc) is 2.58. The van der Waals surface area contributed by atoms with Crippen LogP contribution in [0.4, 0.5) is 4.39 Å². The number of morpholine rings is 1. The van der Waals surface area contributed by atoms with E-state index in [0.717, 1.165) is 30.7 Å². The van der Waals surface area contributed by atoms with Gasteiger partial charge in [0.25, 0.3) is 0 Å². The molecule has 0 saturated carbocycles. The maximum Gasteiger partial charge on any atom is 0.123 e. The maximum atomic E-state index is 13.7. The molecule has 2 heterocycles. The van der Waals surface area contributed by atoms with E-state index in [-0.39, 0.29) is 11.9 Å². The molecule has 2 aliphatic heterocycles. The van der Waals surface area contributed by atoms with E-state index in [2.05, 4.69) is 42.2 Å². The highest BCUT2D eigenvalue weighted by Crippen LogP contribution is 2.34. The molecule has 1 fully saturated rings. The van der Waals surface area contributed by atoms with Crippen LogP contribution in [0.2, 0.25) is 0 Å². The second kappa shape index (κ2) is 6.50. The van der Waals surface area contributed by atoms with Crippen molar-refractivity contribution in [3.05, 3.63) is 77.1 Å². The highest BCUT2D eigenvalue weighted by molar-refractivity contribution is 5.70. The van der Waals surface area contributed by atoms with Crippen LogP contribution in [0, 0.1) is 12.7 Å². The zero-order valence-electron chi connectivity index (χ0n) is 13.9. The molecule has 2 atom stereocenters. The molecule has 24 heavy (non-hydrogen) atoms. The van der Waals surface area contributed by atoms with Gasteiger partial charge in [0, 0.05) is 12.6 Å². The molecule has 0 aromatic heterocycles. The van der Waals surface area contributed by atoms with E-state index in [1.807, 2.05) is 12.1 Å². The third-order valence-electron chi connectivity index (χ3n) is 5.10. The van der Waals surface area contributed by atoms with E-state index < -0.39 is 0 Å². The normalized spacial score (nSPS) is 23.8. The quantitative estimate of drug-likeness (QED) is 0.840. The fourth-order valence-electron chi connectivity index (χ4n) is 3.84. The minimum Gasteiger partial charge on any atom is -0.378 e. The SMILES string of the molecule is Cc1ccc(F)cc1C1=CC2COCC(C1)N2Cc1ccccc1. The zero-order valence-corrected chi connectivity index (χ0v) is 13.9. The summed E-state index contributed by atoms with van der Waals surface area (Å²) in [5, 5.41) is 0. The predicted octanol–water partition coefficient (Wildman–Crippen LogP) is 4.19. The highest BCUT2D eigenvalue weighted by atomic mass is 19.1. The van der Waals surface area contributed by atoms with Crippen molar-refractivity contribution in [1.82, 2.24) is 4.90 Å². The fourth-order valence-corrected chi connectivity index (χ4v) is 3.84. The van der Waals surface area contributed by atoms with Crippen LogP contribution < -0.4 is 0 Å². The van der Waals surface area contributed by atoms with Crippen molar-refractivity contribution in [3.8, 4) is 0 Å². The third-order valence-corrected chi connectivity index (χ3v) is 5.10. The van der Waals surface area contributed by atoms with E-state index in [0.29, 0.717) is 12.6 Å². The van der Waals surface area contributed by atoms with Crippen molar-refractivity contribution in [1.29, 1.82) is 0 Å². The van der Waals surface area contributed by atoms with Crippen LogP contribution in [0.5, 0.6) is 0 Å². The topological polar surface area (TPSA) is 12.5 Å². The van der Waals surface area contributed by atoms with Gasteiger partial charge in [-0.05, 0) is 47.7 Å². The monoisotopic (exact) mass is 323 g/mol. The molecule has 2 aromatic carbocycles. The summed E-state index contributed by atoms with van der Waals surface area (Å²) in [5.41, 5.74) is 4.77. The summed E-state index contributed by atoms with van der Waals surface area (Å²) in [6, 6.07) is 16.3. The molecule has 2 unspecified atom stereocenters. The Balaban J connectivity index is 1.63. The Morgan fingerprint density at radius 1 is 1.12 bits per heavy atom. The van der Waals surface area contributed by atoms with Gasteiger partial charge >= 0.3 is 0 Å². The Labute approximate surface area is 142 Å². The van der Waals surface area contributed by atoms with Crippen molar-refractivity contribution in [2.24, 2.45) is 0 Å². The van der Waals surface area contributed by atoms with E-state index in [1.54, 1.807) is 6.07 Å². The first kappa shape index (κ1) is 15.6. The zero-order chi connectivity index (χ0) is 16.5. The summed E-state index contributed by atoms with van der Waals surface area (Å²) in [5.74, 6) is -0.162. The number of halogens is 1. The summed E-state index contributed by atoms with van der Waals surface area (Å²) in [7, 11) is 0. The maximum absolute atomic E-state index is 13.7. The Morgan fingerprint density at radius 2 is 1.96 bits per heavy atom. The van der Waals surface area contributed by atoms with Crippen molar-refractivity contribution < 1.29 is 9.13 Å². The van der Waals surface area contributed by atoms with Gasteiger partial charge < -0.3 is 4.74 Å². The van der Waals surface area contributed by atoms with Gasteiger partial charge in [-0.2, -0.15) is 0 Å². The molecule has 2 nitrogen and oxygen atoms in total. The van der Waals surface area contributed by atoms with E-state index >= 15 is 0 Å². The second-order valence-electron chi connectivity index (χ2n) is 6.77. The summed E-state index contributed by atoms with van der Waals surface area (Å²) in [6.45, 7) is 4.44. The summed E-state index contributed by atoms with van der Waals surface area (Å²) >= 11 is 0. The molecule has 3 heteroatoms. The predicted molar refractivity (Wildman–Crippen MR) is 94.1 cm³/mol. The largest absolute Gasteiger partial charge is 0.378 e. The lowest BCUT2D eigenvalue weighted by Gasteiger charge is -2.45. The van der Waals surface area contributed by atoms with Crippen molar-refractivity contribution in [2.75, 3.05) is 13.2 Å². The molecule has 0 radical (unpaired) electrons.